The van der Waals surface area contributed by atoms with E-state index in [1.54, 1.807) is 0 Å². The van der Waals surface area contributed by atoms with E-state index < -0.39 is 0 Å². The maximum Gasteiger partial charge on any atom is 0.299 e. The van der Waals surface area contributed by atoms with Crippen LogP contribution in [0.2, 0.25) is 0 Å². The fourth-order valence-corrected chi connectivity index (χ4v) is 4.52. The molecule has 0 N–H and O–H groups in total. The summed E-state index contributed by atoms with van der Waals surface area (Å²) < 4.78 is 5.52. The number of thiazole rings is 1. The normalized spacial score (nSPS) is 11.7. The van der Waals surface area contributed by atoms with E-state index in [0.29, 0.717) is 5.13 Å². The van der Waals surface area contributed by atoms with Crippen LogP contribution in [-0.4, -0.2) is 24.5 Å². The molecule has 0 atom stereocenters. The predicted molar refractivity (Wildman–Crippen MR) is 112 cm³/mol. The first kappa shape index (κ1) is 19.7. The lowest BCUT2D eigenvalue weighted by Gasteiger charge is -2.20. The third-order valence-electron chi connectivity index (χ3n) is 3.89. The number of nitriles is 1. The van der Waals surface area contributed by atoms with Gasteiger partial charge in [-0.15, -0.1) is 21.6 Å². The summed E-state index contributed by atoms with van der Waals surface area (Å²) in [7, 11) is 0. The Morgan fingerprint density at radius 2 is 2.00 bits per heavy atom. The van der Waals surface area contributed by atoms with Gasteiger partial charge in [0.25, 0.3) is 6.47 Å². The minimum Gasteiger partial charge on any atom is -0.417 e. The van der Waals surface area contributed by atoms with Gasteiger partial charge in [0.15, 0.2) is 0 Å². The molecule has 0 aliphatic heterocycles. The Labute approximate surface area is 170 Å². The number of thiophene rings is 1. The number of allylic oxidation sites excluding steroid dienone is 1. The van der Waals surface area contributed by atoms with Gasteiger partial charge in [-0.3, -0.25) is 4.79 Å². The molecule has 28 heavy (non-hydrogen) atoms. The number of carbonyl (C=O) groups is 1. The highest BCUT2D eigenvalue weighted by atomic mass is 32.1. The number of carbonyl (C=O) groups excluding carboxylic acids is 1. The number of rotatable bonds is 8. The summed E-state index contributed by atoms with van der Waals surface area (Å²) in [5, 5.41) is 17.9. The van der Waals surface area contributed by atoms with Crippen molar-refractivity contribution in [3.63, 3.8) is 0 Å². The SMILES string of the molecule is CCN(CC)c1ccc(/N=N/c2nc3sc(/C=C(\C#N)OC=O)cc3s2)cc1. The zero-order chi connectivity index (χ0) is 19.9. The van der Waals surface area contributed by atoms with Gasteiger partial charge in [-0.2, -0.15) is 5.26 Å². The van der Waals surface area contributed by atoms with Gasteiger partial charge in [-0.05, 0) is 44.2 Å². The van der Waals surface area contributed by atoms with Crippen LogP contribution >= 0.6 is 22.7 Å². The van der Waals surface area contributed by atoms with Gasteiger partial charge in [0.1, 0.15) is 10.9 Å². The van der Waals surface area contributed by atoms with E-state index in [9.17, 15) is 4.79 Å². The number of benzene rings is 1. The Kier molecular flexibility index (Phi) is 6.47. The first-order chi connectivity index (χ1) is 13.7. The molecule has 2 heterocycles. The largest absolute Gasteiger partial charge is 0.417 e. The molecule has 0 amide bonds. The average molecular weight is 412 g/mol. The van der Waals surface area contributed by atoms with Crippen molar-refractivity contribution in [2.75, 3.05) is 18.0 Å². The highest BCUT2D eigenvalue weighted by Gasteiger charge is 2.09. The Hall–Kier alpha value is -3.09. The van der Waals surface area contributed by atoms with Crippen molar-refractivity contribution in [3.05, 3.63) is 41.0 Å². The number of hydrogen-bond donors (Lipinski definition) is 0. The molecule has 3 aromatic rings. The monoisotopic (exact) mass is 411 g/mol. The lowest BCUT2D eigenvalue weighted by molar-refractivity contribution is -0.124. The molecular weight excluding hydrogens is 394 g/mol. The first-order valence-electron chi connectivity index (χ1n) is 8.56. The highest BCUT2D eigenvalue weighted by molar-refractivity contribution is 7.29. The minimum atomic E-state index is -0.0584. The van der Waals surface area contributed by atoms with Crippen LogP contribution in [0, 0.1) is 11.3 Å². The Balaban J connectivity index is 1.73. The fourth-order valence-electron chi connectivity index (χ4n) is 2.55. The Morgan fingerprint density at radius 3 is 2.61 bits per heavy atom. The van der Waals surface area contributed by atoms with E-state index in [2.05, 4.69) is 38.7 Å². The maximum atomic E-state index is 10.4. The Bertz CT molecular complexity index is 1020. The minimum absolute atomic E-state index is 0.0584. The van der Waals surface area contributed by atoms with E-state index in [0.717, 1.165) is 38.9 Å². The summed E-state index contributed by atoms with van der Waals surface area (Å²) in [5.74, 6) is -0.0584. The van der Waals surface area contributed by atoms with Crippen LogP contribution in [0.5, 0.6) is 0 Å². The summed E-state index contributed by atoms with van der Waals surface area (Å²) >= 11 is 2.80. The zero-order valence-corrected chi connectivity index (χ0v) is 17.0. The van der Waals surface area contributed by atoms with Gasteiger partial charge in [0.2, 0.25) is 10.9 Å². The van der Waals surface area contributed by atoms with Crippen LogP contribution in [0.3, 0.4) is 0 Å². The van der Waals surface area contributed by atoms with E-state index >= 15 is 0 Å². The van der Waals surface area contributed by atoms with Crippen LogP contribution in [0.15, 0.2) is 46.3 Å². The smallest absolute Gasteiger partial charge is 0.299 e. The van der Waals surface area contributed by atoms with Crippen molar-refractivity contribution in [2.24, 2.45) is 10.2 Å². The van der Waals surface area contributed by atoms with Crippen molar-refractivity contribution in [3.8, 4) is 6.07 Å². The molecule has 0 spiro atoms. The molecule has 0 unspecified atom stereocenters. The molecule has 3 rings (SSSR count). The second-order valence-corrected chi connectivity index (χ2v) is 7.61. The predicted octanol–water partition coefficient (Wildman–Crippen LogP) is 5.66. The first-order valence-corrected chi connectivity index (χ1v) is 10.2. The van der Waals surface area contributed by atoms with Crippen LogP contribution < -0.4 is 4.90 Å². The maximum absolute atomic E-state index is 10.4. The zero-order valence-electron chi connectivity index (χ0n) is 15.3. The van der Waals surface area contributed by atoms with Gasteiger partial charge < -0.3 is 9.64 Å². The van der Waals surface area contributed by atoms with Crippen LogP contribution in [0.1, 0.15) is 18.7 Å². The topological polar surface area (TPSA) is 90.9 Å². The van der Waals surface area contributed by atoms with Gasteiger partial charge in [0.05, 0.1) is 10.4 Å². The number of aromatic nitrogens is 1. The van der Waals surface area contributed by atoms with E-state index in [1.807, 2.05) is 36.4 Å². The summed E-state index contributed by atoms with van der Waals surface area (Å²) in [6.07, 6.45) is 1.51. The van der Waals surface area contributed by atoms with Crippen molar-refractivity contribution in [1.82, 2.24) is 4.98 Å². The molecule has 7 nitrogen and oxygen atoms in total. The van der Waals surface area contributed by atoms with Crippen LogP contribution in [0.4, 0.5) is 16.5 Å². The van der Waals surface area contributed by atoms with Crippen molar-refractivity contribution in [2.45, 2.75) is 13.8 Å². The molecule has 0 aliphatic rings. The molecule has 9 heteroatoms. The standard InChI is InChI=1S/C19H17N5O2S2/c1-3-24(4-2)14-7-5-13(6-8-14)22-23-19-21-18-17(28-19)10-16(27-18)9-15(11-20)26-12-25/h5-10,12H,3-4H2,1-2H3/b15-9+,23-22+. The van der Waals surface area contributed by atoms with Gasteiger partial charge in [-0.25, -0.2) is 4.98 Å². The quantitative estimate of drug-likeness (QED) is 0.206. The van der Waals surface area contributed by atoms with E-state index in [4.69, 9.17) is 5.26 Å². The molecule has 0 radical (unpaired) electrons. The van der Waals surface area contributed by atoms with Crippen molar-refractivity contribution < 1.29 is 9.53 Å². The van der Waals surface area contributed by atoms with E-state index in [1.165, 1.54) is 28.7 Å². The molecule has 0 aliphatic carbocycles. The summed E-state index contributed by atoms with van der Waals surface area (Å²) in [6, 6.07) is 11.6. The second-order valence-electron chi connectivity index (χ2n) is 5.54. The van der Waals surface area contributed by atoms with Crippen LogP contribution in [-0.2, 0) is 9.53 Å². The molecule has 0 fully saturated rings. The number of ether oxygens (including phenoxy) is 1. The molecule has 0 saturated carbocycles. The van der Waals surface area contributed by atoms with Gasteiger partial charge in [-0.1, -0.05) is 11.3 Å². The molecule has 142 valence electrons. The van der Waals surface area contributed by atoms with E-state index in [-0.39, 0.29) is 12.2 Å². The summed E-state index contributed by atoms with van der Waals surface area (Å²) in [6.45, 7) is 6.41. The number of nitrogens with zero attached hydrogens (tertiary/aromatic N) is 5. The lowest BCUT2D eigenvalue weighted by atomic mass is 10.2. The molecule has 0 bridgehead atoms. The molecule has 1 aromatic carbocycles. The number of anilines is 1. The molecule has 2 aromatic heterocycles. The highest BCUT2D eigenvalue weighted by Crippen LogP contribution is 2.35. The van der Waals surface area contributed by atoms with Crippen molar-refractivity contribution >= 4 is 61.3 Å². The molecular formula is C19H17N5O2S2. The fraction of sp³-hybridized carbons (Fsp3) is 0.211. The lowest BCUT2D eigenvalue weighted by Crippen LogP contribution is -2.21. The number of fused-ring (bicyclic) bond motifs is 1. The van der Waals surface area contributed by atoms with Gasteiger partial charge >= 0.3 is 0 Å². The second kappa shape index (κ2) is 9.21. The van der Waals surface area contributed by atoms with Crippen molar-refractivity contribution in [1.29, 1.82) is 5.26 Å². The third kappa shape index (κ3) is 4.60. The summed E-state index contributed by atoms with van der Waals surface area (Å²) in [4.78, 5) is 18.6. The third-order valence-corrected chi connectivity index (χ3v) is 5.88. The van der Waals surface area contributed by atoms with Gasteiger partial charge in [0, 0.05) is 29.7 Å². The number of hydrogen-bond acceptors (Lipinski definition) is 9. The summed E-state index contributed by atoms with van der Waals surface area (Å²) in [5.41, 5.74) is 1.93. The molecule has 0 saturated heterocycles. The Morgan fingerprint density at radius 1 is 1.25 bits per heavy atom. The number of azo groups is 1. The average Bonchev–Trinajstić information content (AvgIpc) is 3.26. The van der Waals surface area contributed by atoms with Crippen LogP contribution in [0.25, 0.3) is 15.6 Å².